The van der Waals surface area contributed by atoms with Crippen molar-refractivity contribution in [1.82, 2.24) is 0 Å². The van der Waals surface area contributed by atoms with E-state index in [1.54, 1.807) is 0 Å². The van der Waals surface area contributed by atoms with E-state index in [1.807, 2.05) is 32.0 Å². The van der Waals surface area contributed by atoms with Crippen molar-refractivity contribution >= 4 is 0 Å². The molecule has 1 atom stereocenters. The molecule has 3 nitrogen and oxygen atoms in total. The summed E-state index contributed by atoms with van der Waals surface area (Å²) in [6.45, 7) is 3.99. The second kappa shape index (κ2) is 5.26. The second-order valence-electron chi connectivity index (χ2n) is 3.64. The maximum atomic E-state index is 10.0. The van der Waals surface area contributed by atoms with Gasteiger partial charge in [-0.1, -0.05) is 23.8 Å². The third-order valence-corrected chi connectivity index (χ3v) is 2.47. The van der Waals surface area contributed by atoms with Gasteiger partial charge in [0.25, 0.3) is 0 Å². The number of aliphatic hydroxyl groups is 1. The molecule has 1 unspecified atom stereocenters. The van der Waals surface area contributed by atoms with Crippen LogP contribution in [0.1, 0.15) is 22.8 Å². The molecule has 0 aliphatic carbocycles. The van der Waals surface area contributed by atoms with Crippen LogP contribution in [0.5, 0.6) is 0 Å². The van der Waals surface area contributed by atoms with Gasteiger partial charge in [-0.05, 0) is 25.0 Å². The van der Waals surface area contributed by atoms with Gasteiger partial charge in [0.1, 0.15) is 6.10 Å². The highest BCUT2D eigenvalue weighted by molar-refractivity contribution is 5.32. The first kappa shape index (κ1) is 12.2. The van der Waals surface area contributed by atoms with E-state index in [2.05, 4.69) is 0 Å². The topological polar surface area (TPSA) is 38.7 Å². The Kier molecular flexibility index (Phi) is 4.27. The van der Waals surface area contributed by atoms with Crippen molar-refractivity contribution in [1.29, 1.82) is 0 Å². The van der Waals surface area contributed by atoms with Gasteiger partial charge in [0.15, 0.2) is 6.29 Å². The standard InChI is InChI=1S/C12H18O3/c1-8-5-6-10(9(2)7-8)11(13)12(14-3)15-4/h5-7,11-13H,1-4H3. The first-order chi connectivity index (χ1) is 7.10. The zero-order valence-corrected chi connectivity index (χ0v) is 9.65. The molecule has 0 saturated carbocycles. The fourth-order valence-corrected chi connectivity index (χ4v) is 1.66. The number of rotatable bonds is 4. The molecule has 1 N–H and O–H groups in total. The molecule has 0 amide bonds. The van der Waals surface area contributed by atoms with Gasteiger partial charge in [-0.15, -0.1) is 0 Å². The maximum absolute atomic E-state index is 10.0. The molecule has 3 heteroatoms. The number of aliphatic hydroxyl groups excluding tert-OH is 1. The van der Waals surface area contributed by atoms with E-state index < -0.39 is 12.4 Å². The molecule has 84 valence electrons. The van der Waals surface area contributed by atoms with Crippen molar-refractivity contribution in [3.63, 3.8) is 0 Å². The molecule has 1 rings (SSSR count). The summed E-state index contributed by atoms with van der Waals surface area (Å²) in [5.41, 5.74) is 3.06. The van der Waals surface area contributed by atoms with Crippen LogP contribution in [0, 0.1) is 13.8 Å². The van der Waals surface area contributed by atoms with Crippen LogP contribution in [0.15, 0.2) is 18.2 Å². The van der Waals surface area contributed by atoms with E-state index in [4.69, 9.17) is 9.47 Å². The number of aryl methyl sites for hydroxylation is 2. The Labute approximate surface area is 90.6 Å². The summed E-state index contributed by atoms with van der Waals surface area (Å²) in [6, 6.07) is 5.90. The highest BCUT2D eigenvalue weighted by Gasteiger charge is 2.21. The molecule has 0 aromatic heterocycles. The van der Waals surface area contributed by atoms with E-state index in [1.165, 1.54) is 19.8 Å². The van der Waals surface area contributed by atoms with Crippen LogP contribution in [0.2, 0.25) is 0 Å². The van der Waals surface area contributed by atoms with Gasteiger partial charge in [0.05, 0.1) is 0 Å². The highest BCUT2D eigenvalue weighted by atomic mass is 16.7. The van der Waals surface area contributed by atoms with Crippen LogP contribution in [0.25, 0.3) is 0 Å². The number of ether oxygens (including phenoxy) is 2. The molecule has 15 heavy (non-hydrogen) atoms. The maximum Gasteiger partial charge on any atom is 0.187 e. The van der Waals surface area contributed by atoms with E-state index in [9.17, 15) is 5.11 Å². The molecule has 0 fully saturated rings. The Hall–Kier alpha value is -0.900. The Bertz CT molecular complexity index is 319. The Balaban J connectivity index is 2.94. The molecule has 0 spiro atoms. The summed E-state index contributed by atoms with van der Waals surface area (Å²) in [7, 11) is 3.03. The first-order valence-corrected chi connectivity index (χ1v) is 4.91. The van der Waals surface area contributed by atoms with Gasteiger partial charge in [0.2, 0.25) is 0 Å². The lowest BCUT2D eigenvalue weighted by Crippen LogP contribution is -2.23. The second-order valence-corrected chi connectivity index (χ2v) is 3.64. The third-order valence-electron chi connectivity index (χ3n) is 2.47. The van der Waals surface area contributed by atoms with Crippen LogP contribution < -0.4 is 0 Å². The lowest BCUT2D eigenvalue weighted by Gasteiger charge is -2.21. The van der Waals surface area contributed by atoms with Crippen molar-refractivity contribution < 1.29 is 14.6 Å². The van der Waals surface area contributed by atoms with Gasteiger partial charge < -0.3 is 14.6 Å². The summed E-state index contributed by atoms with van der Waals surface area (Å²) in [6.07, 6.45) is -1.37. The minimum atomic E-state index is -0.749. The zero-order valence-electron chi connectivity index (χ0n) is 9.65. The molecule has 0 aliphatic heterocycles. The number of hydrogen-bond acceptors (Lipinski definition) is 3. The van der Waals surface area contributed by atoms with E-state index >= 15 is 0 Å². The summed E-state index contributed by atoms with van der Waals surface area (Å²) in [5.74, 6) is 0. The van der Waals surface area contributed by atoms with Gasteiger partial charge in [-0.2, -0.15) is 0 Å². The van der Waals surface area contributed by atoms with Crippen LogP contribution in [0.4, 0.5) is 0 Å². The summed E-state index contributed by atoms with van der Waals surface area (Å²) < 4.78 is 10.1. The fourth-order valence-electron chi connectivity index (χ4n) is 1.66. The molecule has 1 aromatic carbocycles. The summed E-state index contributed by atoms with van der Waals surface area (Å²) in [5, 5.41) is 10.0. The van der Waals surface area contributed by atoms with Gasteiger partial charge in [-0.25, -0.2) is 0 Å². The van der Waals surface area contributed by atoms with E-state index in [0.29, 0.717) is 0 Å². The number of benzene rings is 1. The molecule has 1 aromatic rings. The average molecular weight is 210 g/mol. The van der Waals surface area contributed by atoms with Gasteiger partial charge in [-0.3, -0.25) is 0 Å². The smallest absolute Gasteiger partial charge is 0.187 e. The van der Waals surface area contributed by atoms with Crippen molar-refractivity contribution in [2.24, 2.45) is 0 Å². The Morgan fingerprint density at radius 1 is 1.13 bits per heavy atom. The van der Waals surface area contributed by atoms with Gasteiger partial charge in [0, 0.05) is 14.2 Å². The highest BCUT2D eigenvalue weighted by Crippen LogP contribution is 2.23. The molecule has 0 heterocycles. The predicted octanol–water partition coefficient (Wildman–Crippen LogP) is 1.96. The molecule has 0 saturated heterocycles. The monoisotopic (exact) mass is 210 g/mol. The normalized spacial score (nSPS) is 13.2. The number of methoxy groups -OCH3 is 2. The molecule has 0 bridgehead atoms. The minimum Gasteiger partial charge on any atom is -0.383 e. The minimum absolute atomic E-state index is 0.619. The van der Waals surface area contributed by atoms with Crippen LogP contribution >= 0.6 is 0 Å². The van der Waals surface area contributed by atoms with Crippen LogP contribution in [-0.2, 0) is 9.47 Å². The Morgan fingerprint density at radius 2 is 1.73 bits per heavy atom. The van der Waals surface area contributed by atoms with Crippen molar-refractivity contribution in [2.45, 2.75) is 26.2 Å². The Morgan fingerprint density at radius 3 is 2.20 bits per heavy atom. The van der Waals surface area contributed by atoms with Gasteiger partial charge >= 0.3 is 0 Å². The summed E-state index contributed by atoms with van der Waals surface area (Å²) >= 11 is 0. The van der Waals surface area contributed by atoms with Crippen molar-refractivity contribution in [2.75, 3.05) is 14.2 Å². The van der Waals surface area contributed by atoms with E-state index in [0.717, 1.165) is 11.1 Å². The third kappa shape index (κ3) is 2.78. The van der Waals surface area contributed by atoms with Crippen molar-refractivity contribution in [3.05, 3.63) is 34.9 Å². The number of hydrogen-bond donors (Lipinski definition) is 1. The lowest BCUT2D eigenvalue weighted by molar-refractivity contribution is -0.166. The lowest BCUT2D eigenvalue weighted by atomic mass is 10.0. The van der Waals surface area contributed by atoms with Crippen molar-refractivity contribution in [3.8, 4) is 0 Å². The average Bonchev–Trinajstić information content (AvgIpc) is 2.19. The quantitative estimate of drug-likeness (QED) is 0.772. The molecular formula is C12H18O3. The van der Waals surface area contributed by atoms with E-state index in [-0.39, 0.29) is 0 Å². The summed E-state index contributed by atoms with van der Waals surface area (Å²) in [4.78, 5) is 0. The largest absolute Gasteiger partial charge is 0.383 e. The molecule has 0 aliphatic rings. The van der Waals surface area contributed by atoms with Crippen LogP contribution in [-0.4, -0.2) is 25.6 Å². The first-order valence-electron chi connectivity index (χ1n) is 4.91. The fraction of sp³-hybridized carbons (Fsp3) is 0.500. The molecular weight excluding hydrogens is 192 g/mol. The SMILES string of the molecule is COC(OC)C(O)c1ccc(C)cc1C. The zero-order chi connectivity index (χ0) is 11.4. The molecule has 0 radical (unpaired) electrons. The predicted molar refractivity (Wildman–Crippen MR) is 58.7 cm³/mol. The van der Waals surface area contributed by atoms with Crippen LogP contribution in [0.3, 0.4) is 0 Å².